The predicted octanol–water partition coefficient (Wildman–Crippen LogP) is 1.56. The van der Waals surface area contributed by atoms with Crippen LogP contribution in [0.25, 0.3) is 0 Å². The number of rotatable bonds is 5. The lowest BCUT2D eigenvalue weighted by Crippen LogP contribution is -2.51. The second-order valence-electron chi connectivity index (χ2n) is 6.27. The van der Waals surface area contributed by atoms with Gasteiger partial charge in [0.2, 0.25) is 0 Å². The summed E-state index contributed by atoms with van der Waals surface area (Å²) in [6, 6.07) is 8.26. The van der Waals surface area contributed by atoms with E-state index in [-0.39, 0.29) is 12.0 Å². The first kappa shape index (κ1) is 16.3. The van der Waals surface area contributed by atoms with E-state index in [1.807, 2.05) is 17.0 Å². The Kier molecular flexibility index (Phi) is 5.51. The molecule has 2 fully saturated rings. The van der Waals surface area contributed by atoms with Crippen LogP contribution in [0, 0.1) is 0 Å². The maximum atomic E-state index is 12.3. The minimum absolute atomic E-state index is 0.180. The number of hydrogen-bond donors (Lipinski definition) is 0. The average molecular weight is 318 g/mol. The zero-order chi connectivity index (χ0) is 16.1. The molecule has 0 N–H and O–H groups in total. The fraction of sp³-hybridized carbons (Fsp3) is 0.611. The summed E-state index contributed by atoms with van der Waals surface area (Å²) < 4.78 is 10.7. The molecule has 1 aromatic carbocycles. The normalized spacial score (nSPS) is 22.3. The van der Waals surface area contributed by atoms with Crippen molar-refractivity contribution in [2.75, 3.05) is 46.4 Å². The van der Waals surface area contributed by atoms with Crippen molar-refractivity contribution in [2.45, 2.75) is 25.4 Å². The van der Waals surface area contributed by atoms with E-state index < -0.39 is 0 Å². The molecular weight excluding hydrogens is 292 g/mol. The van der Waals surface area contributed by atoms with E-state index in [2.05, 4.69) is 17.0 Å². The number of benzene rings is 1. The van der Waals surface area contributed by atoms with E-state index >= 15 is 0 Å². The molecule has 126 valence electrons. The Morgan fingerprint density at radius 2 is 1.96 bits per heavy atom. The van der Waals surface area contributed by atoms with E-state index in [1.165, 1.54) is 5.56 Å². The van der Waals surface area contributed by atoms with Gasteiger partial charge in [0.05, 0.1) is 7.11 Å². The molecule has 0 saturated carbocycles. The zero-order valence-electron chi connectivity index (χ0n) is 13.9. The largest absolute Gasteiger partial charge is 0.497 e. The molecule has 2 saturated heterocycles. The van der Waals surface area contributed by atoms with Gasteiger partial charge in [-0.2, -0.15) is 0 Å². The van der Waals surface area contributed by atoms with Crippen LogP contribution in [0.5, 0.6) is 5.75 Å². The number of hydrogen-bond acceptors (Lipinski definition) is 4. The second-order valence-corrected chi connectivity index (χ2v) is 6.27. The highest BCUT2D eigenvalue weighted by Crippen LogP contribution is 2.16. The highest BCUT2D eigenvalue weighted by molar-refractivity contribution is 5.81. The molecule has 0 spiro atoms. The van der Waals surface area contributed by atoms with Crippen molar-refractivity contribution in [3.63, 3.8) is 0 Å². The van der Waals surface area contributed by atoms with Crippen LogP contribution in [-0.2, 0) is 16.0 Å². The molecule has 1 amide bonds. The smallest absolute Gasteiger partial charge is 0.251 e. The van der Waals surface area contributed by atoms with Gasteiger partial charge in [-0.3, -0.25) is 9.69 Å². The van der Waals surface area contributed by atoms with Gasteiger partial charge in [0.15, 0.2) is 0 Å². The predicted molar refractivity (Wildman–Crippen MR) is 88.7 cm³/mol. The van der Waals surface area contributed by atoms with Crippen LogP contribution >= 0.6 is 0 Å². The Morgan fingerprint density at radius 3 is 2.57 bits per heavy atom. The Balaban J connectivity index is 1.41. The molecule has 2 aliphatic rings. The van der Waals surface area contributed by atoms with E-state index in [4.69, 9.17) is 9.47 Å². The van der Waals surface area contributed by atoms with Gasteiger partial charge in [0.25, 0.3) is 5.91 Å². The number of nitrogens with zero attached hydrogens (tertiary/aromatic N) is 2. The number of carbonyl (C=O) groups is 1. The van der Waals surface area contributed by atoms with Crippen molar-refractivity contribution in [1.29, 1.82) is 0 Å². The molecule has 5 nitrogen and oxygen atoms in total. The first-order valence-corrected chi connectivity index (χ1v) is 8.52. The van der Waals surface area contributed by atoms with Crippen LogP contribution in [0.1, 0.15) is 18.4 Å². The number of amides is 1. The van der Waals surface area contributed by atoms with Gasteiger partial charge in [-0.15, -0.1) is 0 Å². The van der Waals surface area contributed by atoms with Crippen molar-refractivity contribution in [1.82, 2.24) is 9.80 Å². The summed E-state index contributed by atoms with van der Waals surface area (Å²) in [4.78, 5) is 16.7. The molecule has 2 heterocycles. The van der Waals surface area contributed by atoms with Gasteiger partial charge in [0, 0.05) is 39.3 Å². The topological polar surface area (TPSA) is 42.0 Å². The summed E-state index contributed by atoms with van der Waals surface area (Å²) in [5, 5.41) is 0. The second kappa shape index (κ2) is 7.79. The van der Waals surface area contributed by atoms with Gasteiger partial charge < -0.3 is 14.4 Å². The SMILES string of the molecule is COc1ccc(CCN2CCN(C(=O)C3CCCO3)CC2)cc1. The van der Waals surface area contributed by atoms with Crippen LogP contribution in [0.2, 0.25) is 0 Å². The van der Waals surface area contributed by atoms with Crippen LogP contribution < -0.4 is 4.74 Å². The van der Waals surface area contributed by atoms with E-state index in [9.17, 15) is 4.79 Å². The van der Waals surface area contributed by atoms with E-state index in [1.54, 1.807) is 7.11 Å². The maximum Gasteiger partial charge on any atom is 0.251 e. The minimum Gasteiger partial charge on any atom is -0.497 e. The molecule has 2 aliphatic heterocycles. The van der Waals surface area contributed by atoms with Crippen LogP contribution in [0.4, 0.5) is 0 Å². The van der Waals surface area contributed by atoms with Gasteiger partial charge in [0.1, 0.15) is 11.9 Å². The Labute approximate surface area is 138 Å². The van der Waals surface area contributed by atoms with Crippen molar-refractivity contribution in [3.05, 3.63) is 29.8 Å². The third-order valence-electron chi connectivity index (χ3n) is 4.76. The van der Waals surface area contributed by atoms with Gasteiger partial charge in [-0.25, -0.2) is 0 Å². The van der Waals surface area contributed by atoms with Crippen molar-refractivity contribution >= 4 is 5.91 Å². The van der Waals surface area contributed by atoms with Gasteiger partial charge in [-0.05, 0) is 37.0 Å². The Hall–Kier alpha value is -1.59. The lowest BCUT2D eigenvalue weighted by Gasteiger charge is -2.35. The fourth-order valence-corrected chi connectivity index (χ4v) is 3.25. The van der Waals surface area contributed by atoms with Crippen molar-refractivity contribution in [3.8, 4) is 5.75 Å². The van der Waals surface area contributed by atoms with Gasteiger partial charge in [-0.1, -0.05) is 12.1 Å². The lowest BCUT2D eigenvalue weighted by molar-refractivity contribution is -0.142. The standard InChI is InChI=1S/C18H26N2O3/c1-22-16-6-4-15(5-7-16)8-9-19-10-12-20(13-11-19)18(21)17-3-2-14-23-17/h4-7,17H,2-3,8-14H2,1H3. The molecule has 0 bridgehead atoms. The Morgan fingerprint density at radius 1 is 1.22 bits per heavy atom. The monoisotopic (exact) mass is 318 g/mol. The van der Waals surface area contributed by atoms with Crippen LogP contribution in [-0.4, -0.2) is 68.3 Å². The maximum absolute atomic E-state index is 12.3. The quantitative estimate of drug-likeness (QED) is 0.826. The number of carbonyl (C=O) groups excluding carboxylic acids is 1. The number of methoxy groups -OCH3 is 1. The Bertz CT molecular complexity index is 504. The molecule has 3 rings (SSSR count). The molecule has 1 unspecified atom stereocenters. The summed E-state index contributed by atoms with van der Waals surface area (Å²) in [5.74, 6) is 1.09. The molecule has 1 aromatic rings. The van der Waals surface area contributed by atoms with Crippen LogP contribution in [0.15, 0.2) is 24.3 Å². The van der Waals surface area contributed by atoms with Crippen molar-refractivity contribution in [2.24, 2.45) is 0 Å². The van der Waals surface area contributed by atoms with Crippen LogP contribution in [0.3, 0.4) is 0 Å². The summed E-state index contributed by atoms with van der Waals surface area (Å²) in [6.07, 6.45) is 2.75. The lowest BCUT2D eigenvalue weighted by atomic mass is 10.1. The zero-order valence-corrected chi connectivity index (χ0v) is 13.9. The first-order chi connectivity index (χ1) is 11.3. The molecule has 0 aromatic heterocycles. The highest BCUT2D eigenvalue weighted by atomic mass is 16.5. The third-order valence-corrected chi connectivity index (χ3v) is 4.76. The summed E-state index contributed by atoms with van der Waals surface area (Å²) in [6.45, 7) is 5.32. The molecule has 23 heavy (non-hydrogen) atoms. The summed E-state index contributed by atoms with van der Waals surface area (Å²) >= 11 is 0. The number of ether oxygens (including phenoxy) is 2. The molecule has 0 radical (unpaired) electrons. The third kappa shape index (κ3) is 4.24. The first-order valence-electron chi connectivity index (χ1n) is 8.52. The summed E-state index contributed by atoms with van der Waals surface area (Å²) in [7, 11) is 1.69. The average Bonchev–Trinajstić information content (AvgIpc) is 3.15. The van der Waals surface area contributed by atoms with E-state index in [0.29, 0.717) is 0 Å². The molecule has 5 heteroatoms. The highest BCUT2D eigenvalue weighted by Gasteiger charge is 2.30. The van der Waals surface area contributed by atoms with E-state index in [0.717, 1.165) is 64.3 Å². The fourth-order valence-electron chi connectivity index (χ4n) is 3.25. The van der Waals surface area contributed by atoms with Gasteiger partial charge >= 0.3 is 0 Å². The molecule has 1 atom stereocenters. The van der Waals surface area contributed by atoms with Crippen molar-refractivity contribution < 1.29 is 14.3 Å². The number of piperazine rings is 1. The molecular formula is C18H26N2O3. The minimum atomic E-state index is -0.180. The summed E-state index contributed by atoms with van der Waals surface area (Å²) in [5.41, 5.74) is 1.32. The molecule has 0 aliphatic carbocycles.